The van der Waals surface area contributed by atoms with Crippen molar-refractivity contribution in [3.05, 3.63) is 29.8 Å². The normalized spacial score (nSPS) is 9.86. The molecule has 0 radical (unpaired) electrons. The van der Waals surface area contributed by atoms with Gasteiger partial charge in [-0.2, -0.15) is 0 Å². The number of para-hydroxylation sites is 1. The molecule has 0 bridgehead atoms. The highest BCUT2D eigenvalue weighted by Crippen LogP contribution is 2.17. The summed E-state index contributed by atoms with van der Waals surface area (Å²) in [4.78, 5) is 12.9. The number of carbonyl (C=O) groups is 1. The van der Waals surface area contributed by atoms with Gasteiger partial charge >= 0.3 is 0 Å². The zero-order valence-corrected chi connectivity index (χ0v) is 8.86. The molecule has 0 aromatic heterocycles. The summed E-state index contributed by atoms with van der Waals surface area (Å²) in [5, 5.41) is 0. The highest BCUT2D eigenvalue weighted by atomic mass is 16.1. The molecular weight excluding hydrogens is 174 g/mol. The van der Waals surface area contributed by atoms with Gasteiger partial charge in [0, 0.05) is 24.8 Å². The molecule has 0 N–H and O–H groups in total. The molecule has 1 aromatic carbocycles. The fraction of sp³-hybridized carbons (Fsp3) is 0.417. The van der Waals surface area contributed by atoms with Crippen molar-refractivity contribution < 1.29 is 4.79 Å². The van der Waals surface area contributed by atoms with Crippen LogP contribution in [0.1, 0.15) is 30.1 Å². The number of carbonyl (C=O) groups excluding carboxylic acids is 1. The van der Waals surface area contributed by atoms with E-state index in [2.05, 4.69) is 11.8 Å². The monoisotopic (exact) mass is 191 g/mol. The van der Waals surface area contributed by atoms with E-state index in [0.717, 1.165) is 30.5 Å². The molecule has 0 amide bonds. The second kappa shape index (κ2) is 5.43. The van der Waals surface area contributed by atoms with E-state index >= 15 is 0 Å². The molecule has 0 saturated carbocycles. The molecular formula is C12H17NO. The number of rotatable bonds is 5. The number of unbranched alkanes of at least 4 members (excludes halogenated alkanes) is 1. The Bertz CT molecular complexity index is 296. The van der Waals surface area contributed by atoms with Crippen molar-refractivity contribution in [2.45, 2.75) is 19.8 Å². The van der Waals surface area contributed by atoms with Gasteiger partial charge in [0.1, 0.15) is 0 Å². The Hall–Kier alpha value is -1.31. The maximum atomic E-state index is 10.8. The van der Waals surface area contributed by atoms with Crippen LogP contribution in [0.2, 0.25) is 0 Å². The smallest absolute Gasteiger partial charge is 0.152 e. The molecule has 0 aliphatic rings. The van der Waals surface area contributed by atoms with Crippen molar-refractivity contribution in [1.82, 2.24) is 0 Å². The summed E-state index contributed by atoms with van der Waals surface area (Å²) in [7, 11) is 2.03. The number of anilines is 1. The number of benzene rings is 1. The van der Waals surface area contributed by atoms with E-state index in [-0.39, 0.29) is 0 Å². The zero-order chi connectivity index (χ0) is 10.4. The van der Waals surface area contributed by atoms with Crippen LogP contribution >= 0.6 is 0 Å². The summed E-state index contributed by atoms with van der Waals surface area (Å²) < 4.78 is 0. The molecule has 0 unspecified atom stereocenters. The molecule has 0 aliphatic carbocycles. The average molecular weight is 191 g/mol. The Balaban J connectivity index is 2.77. The van der Waals surface area contributed by atoms with Gasteiger partial charge in [-0.15, -0.1) is 0 Å². The zero-order valence-electron chi connectivity index (χ0n) is 8.86. The average Bonchev–Trinajstić information content (AvgIpc) is 2.25. The maximum Gasteiger partial charge on any atom is 0.152 e. The highest BCUT2D eigenvalue weighted by Gasteiger charge is 2.04. The van der Waals surface area contributed by atoms with Gasteiger partial charge < -0.3 is 4.90 Å². The lowest BCUT2D eigenvalue weighted by Crippen LogP contribution is -2.19. The van der Waals surface area contributed by atoms with E-state index in [1.807, 2.05) is 31.3 Å². The van der Waals surface area contributed by atoms with Crippen LogP contribution < -0.4 is 4.90 Å². The molecule has 1 aromatic rings. The number of nitrogens with zero attached hydrogens (tertiary/aromatic N) is 1. The first-order valence-electron chi connectivity index (χ1n) is 5.05. The summed E-state index contributed by atoms with van der Waals surface area (Å²) in [6.07, 6.45) is 3.25. The molecule has 76 valence electrons. The van der Waals surface area contributed by atoms with Crippen LogP contribution in [-0.2, 0) is 0 Å². The van der Waals surface area contributed by atoms with Crippen LogP contribution in [0.4, 0.5) is 5.69 Å². The van der Waals surface area contributed by atoms with Gasteiger partial charge in [-0.3, -0.25) is 4.79 Å². The van der Waals surface area contributed by atoms with Gasteiger partial charge in [-0.1, -0.05) is 25.5 Å². The van der Waals surface area contributed by atoms with Gasteiger partial charge in [0.25, 0.3) is 0 Å². The Morgan fingerprint density at radius 2 is 2.07 bits per heavy atom. The fourth-order valence-electron chi connectivity index (χ4n) is 1.45. The van der Waals surface area contributed by atoms with E-state index in [0.29, 0.717) is 0 Å². The summed E-state index contributed by atoms with van der Waals surface area (Å²) in [5.74, 6) is 0. The Labute approximate surface area is 85.5 Å². The van der Waals surface area contributed by atoms with E-state index in [9.17, 15) is 4.79 Å². The predicted molar refractivity (Wildman–Crippen MR) is 60.0 cm³/mol. The Morgan fingerprint density at radius 1 is 1.36 bits per heavy atom. The second-order valence-electron chi connectivity index (χ2n) is 3.45. The lowest BCUT2D eigenvalue weighted by Gasteiger charge is -2.20. The van der Waals surface area contributed by atoms with Gasteiger partial charge in [0.2, 0.25) is 0 Å². The molecule has 0 heterocycles. The third-order valence-corrected chi connectivity index (χ3v) is 2.32. The minimum atomic E-state index is 0.770. The van der Waals surface area contributed by atoms with Crippen molar-refractivity contribution in [1.29, 1.82) is 0 Å². The van der Waals surface area contributed by atoms with Crippen LogP contribution in [0.25, 0.3) is 0 Å². The van der Waals surface area contributed by atoms with Crippen molar-refractivity contribution in [3.63, 3.8) is 0 Å². The highest BCUT2D eigenvalue weighted by molar-refractivity contribution is 5.84. The molecule has 0 fully saturated rings. The van der Waals surface area contributed by atoms with E-state index in [4.69, 9.17) is 0 Å². The SMILES string of the molecule is CCCCN(C)c1ccccc1C=O. The minimum Gasteiger partial charge on any atom is -0.374 e. The van der Waals surface area contributed by atoms with Crippen LogP contribution in [0.5, 0.6) is 0 Å². The first-order chi connectivity index (χ1) is 6.79. The summed E-state index contributed by atoms with van der Waals surface area (Å²) in [6, 6.07) is 7.69. The molecule has 0 atom stereocenters. The molecule has 0 spiro atoms. The third-order valence-electron chi connectivity index (χ3n) is 2.32. The Kier molecular flexibility index (Phi) is 4.17. The van der Waals surface area contributed by atoms with Crippen LogP contribution in [0, 0.1) is 0 Å². The molecule has 2 heteroatoms. The first-order valence-corrected chi connectivity index (χ1v) is 5.05. The predicted octanol–water partition coefficient (Wildman–Crippen LogP) is 2.74. The van der Waals surface area contributed by atoms with E-state index < -0.39 is 0 Å². The van der Waals surface area contributed by atoms with Crippen molar-refractivity contribution >= 4 is 12.0 Å². The minimum absolute atomic E-state index is 0.770. The Morgan fingerprint density at radius 3 is 2.71 bits per heavy atom. The van der Waals surface area contributed by atoms with Crippen molar-refractivity contribution in [2.75, 3.05) is 18.5 Å². The lowest BCUT2D eigenvalue weighted by atomic mass is 10.1. The largest absolute Gasteiger partial charge is 0.374 e. The fourth-order valence-corrected chi connectivity index (χ4v) is 1.45. The third kappa shape index (κ3) is 2.59. The first kappa shape index (κ1) is 10.8. The van der Waals surface area contributed by atoms with Gasteiger partial charge in [-0.25, -0.2) is 0 Å². The number of hydrogen-bond donors (Lipinski definition) is 0. The number of aldehydes is 1. The summed E-state index contributed by atoms with van der Waals surface area (Å²) >= 11 is 0. The molecule has 2 nitrogen and oxygen atoms in total. The summed E-state index contributed by atoms with van der Waals surface area (Å²) in [5.41, 5.74) is 1.79. The molecule has 0 aliphatic heterocycles. The van der Waals surface area contributed by atoms with E-state index in [1.165, 1.54) is 6.42 Å². The van der Waals surface area contributed by atoms with Crippen molar-refractivity contribution in [2.24, 2.45) is 0 Å². The molecule has 14 heavy (non-hydrogen) atoms. The molecule has 1 rings (SSSR count). The van der Waals surface area contributed by atoms with E-state index in [1.54, 1.807) is 0 Å². The van der Waals surface area contributed by atoms with Gasteiger partial charge in [0.15, 0.2) is 6.29 Å². The second-order valence-corrected chi connectivity index (χ2v) is 3.45. The number of hydrogen-bond acceptors (Lipinski definition) is 2. The van der Waals surface area contributed by atoms with Gasteiger partial charge in [-0.05, 0) is 18.6 Å². The lowest BCUT2D eigenvalue weighted by molar-refractivity contribution is 0.112. The van der Waals surface area contributed by atoms with Gasteiger partial charge in [0.05, 0.1) is 0 Å². The van der Waals surface area contributed by atoms with Crippen molar-refractivity contribution in [3.8, 4) is 0 Å². The van der Waals surface area contributed by atoms with Crippen LogP contribution in [-0.4, -0.2) is 19.9 Å². The van der Waals surface area contributed by atoms with Crippen LogP contribution in [0.15, 0.2) is 24.3 Å². The summed E-state index contributed by atoms with van der Waals surface area (Å²) in [6.45, 7) is 3.17. The topological polar surface area (TPSA) is 20.3 Å². The quantitative estimate of drug-likeness (QED) is 0.667. The maximum absolute atomic E-state index is 10.8. The standard InChI is InChI=1S/C12H17NO/c1-3-4-9-13(2)12-8-6-5-7-11(12)10-14/h5-8,10H,3-4,9H2,1-2H3. The van der Waals surface area contributed by atoms with Crippen LogP contribution in [0.3, 0.4) is 0 Å². The molecule has 0 saturated heterocycles.